The third kappa shape index (κ3) is 2.75. The Morgan fingerprint density at radius 3 is 1.33 bits per heavy atom. The molecule has 0 radical (unpaired) electrons. The van der Waals surface area contributed by atoms with E-state index >= 15 is 0 Å². The van der Waals surface area contributed by atoms with Gasteiger partial charge in [-0.2, -0.15) is 0 Å². The second kappa shape index (κ2) is 7.31. The number of benzene rings is 3. The highest BCUT2D eigenvalue weighted by molar-refractivity contribution is 7.13. The van der Waals surface area contributed by atoms with Crippen molar-refractivity contribution >= 4 is 22.7 Å². The lowest BCUT2D eigenvalue weighted by Gasteiger charge is -2.32. The first-order valence-electron chi connectivity index (χ1n) is 12.8. The second-order valence-corrected chi connectivity index (χ2v) is 13.4. The lowest BCUT2D eigenvalue weighted by atomic mass is 9.71. The molecule has 2 heteroatoms. The molecule has 0 fully saturated rings. The van der Waals surface area contributed by atoms with E-state index in [0.717, 1.165) is 0 Å². The van der Waals surface area contributed by atoms with Crippen LogP contribution in [0.15, 0.2) is 71.4 Å². The largest absolute Gasteiger partial charge is 0.144 e. The fourth-order valence-electron chi connectivity index (χ4n) is 6.94. The van der Waals surface area contributed by atoms with Gasteiger partial charge in [0.25, 0.3) is 0 Å². The maximum Gasteiger partial charge on any atom is 0.0342 e. The van der Waals surface area contributed by atoms with Crippen LogP contribution in [0.25, 0.3) is 43.1 Å². The first-order valence-corrected chi connectivity index (χ1v) is 14.5. The predicted molar refractivity (Wildman–Crippen MR) is 158 cm³/mol. The Bertz CT molecular complexity index is 1550. The minimum atomic E-state index is -0.0592. The molecule has 2 heterocycles. The highest BCUT2D eigenvalue weighted by Crippen LogP contribution is 2.61. The normalized spacial score (nSPS) is 15.9. The molecule has 0 aliphatic heterocycles. The molecular formula is C34H30S2. The fourth-order valence-corrected chi connectivity index (χ4v) is 8.39. The maximum absolute atomic E-state index is 2.46. The van der Waals surface area contributed by atoms with Gasteiger partial charge in [0.15, 0.2) is 0 Å². The molecule has 0 N–H and O–H groups in total. The molecule has 7 rings (SSSR count). The van der Waals surface area contributed by atoms with Crippen molar-refractivity contribution < 1.29 is 0 Å². The molecule has 0 saturated heterocycles. The average Bonchev–Trinajstić information content (AvgIpc) is 3.64. The van der Waals surface area contributed by atoms with Crippen molar-refractivity contribution in [1.29, 1.82) is 0 Å². The Balaban J connectivity index is 1.51. The van der Waals surface area contributed by atoms with E-state index in [0.29, 0.717) is 0 Å². The van der Waals surface area contributed by atoms with E-state index in [9.17, 15) is 0 Å². The van der Waals surface area contributed by atoms with Gasteiger partial charge in [0.2, 0.25) is 0 Å². The Morgan fingerprint density at radius 1 is 0.556 bits per heavy atom. The third-order valence-corrected chi connectivity index (χ3v) is 10.7. The van der Waals surface area contributed by atoms with Crippen molar-refractivity contribution in [1.82, 2.24) is 0 Å². The molecule has 0 amide bonds. The van der Waals surface area contributed by atoms with E-state index in [1.165, 1.54) is 76.5 Å². The van der Waals surface area contributed by atoms with Crippen LogP contribution in [-0.2, 0) is 10.8 Å². The zero-order valence-electron chi connectivity index (χ0n) is 21.7. The van der Waals surface area contributed by atoms with Gasteiger partial charge in [0.05, 0.1) is 0 Å². The van der Waals surface area contributed by atoms with Gasteiger partial charge in [0.1, 0.15) is 0 Å². The van der Waals surface area contributed by atoms with E-state index in [1.54, 1.807) is 0 Å². The van der Waals surface area contributed by atoms with Crippen LogP contribution in [0.4, 0.5) is 0 Å². The zero-order chi connectivity index (χ0) is 25.0. The number of hydrogen-bond acceptors (Lipinski definition) is 2. The Labute approximate surface area is 222 Å². The van der Waals surface area contributed by atoms with Gasteiger partial charge in [0, 0.05) is 20.6 Å². The molecule has 178 valence electrons. The maximum atomic E-state index is 2.46. The van der Waals surface area contributed by atoms with Gasteiger partial charge < -0.3 is 0 Å². The summed E-state index contributed by atoms with van der Waals surface area (Å²) in [7, 11) is 0. The van der Waals surface area contributed by atoms with Crippen molar-refractivity contribution in [3.05, 3.63) is 105 Å². The van der Waals surface area contributed by atoms with E-state index in [1.807, 2.05) is 22.7 Å². The van der Waals surface area contributed by atoms with Crippen LogP contribution >= 0.6 is 22.7 Å². The van der Waals surface area contributed by atoms with Gasteiger partial charge in [-0.15, -0.1) is 22.7 Å². The van der Waals surface area contributed by atoms with Crippen LogP contribution in [0.1, 0.15) is 61.1 Å². The zero-order valence-corrected chi connectivity index (χ0v) is 23.4. The summed E-state index contributed by atoms with van der Waals surface area (Å²) in [6, 6.07) is 23.1. The summed E-state index contributed by atoms with van der Waals surface area (Å²) in [5, 5.41) is 4.35. The van der Waals surface area contributed by atoms with Crippen LogP contribution in [0, 0.1) is 13.8 Å². The van der Waals surface area contributed by atoms with Gasteiger partial charge >= 0.3 is 0 Å². The van der Waals surface area contributed by atoms with Crippen LogP contribution in [-0.4, -0.2) is 0 Å². The summed E-state index contributed by atoms with van der Waals surface area (Å²) in [5.74, 6) is 0. The summed E-state index contributed by atoms with van der Waals surface area (Å²) in [6.07, 6.45) is 0. The summed E-state index contributed by atoms with van der Waals surface area (Å²) in [5.41, 5.74) is 17.2. The second-order valence-electron chi connectivity index (χ2n) is 11.5. The van der Waals surface area contributed by atoms with Gasteiger partial charge in [-0.1, -0.05) is 64.1 Å². The van der Waals surface area contributed by atoms with Crippen molar-refractivity contribution in [2.24, 2.45) is 0 Å². The number of hydrogen-bond donors (Lipinski definition) is 0. The van der Waals surface area contributed by atoms with Crippen molar-refractivity contribution in [2.75, 3.05) is 0 Å². The molecule has 36 heavy (non-hydrogen) atoms. The predicted octanol–water partition coefficient (Wildman–Crippen LogP) is 10.4. The van der Waals surface area contributed by atoms with Crippen molar-refractivity contribution in [3.63, 3.8) is 0 Å². The van der Waals surface area contributed by atoms with Crippen LogP contribution in [0.2, 0.25) is 0 Å². The molecule has 0 nitrogen and oxygen atoms in total. The molecule has 0 saturated carbocycles. The first kappa shape index (κ1) is 22.3. The molecule has 2 aliphatic rings. The molecule has 3 aromatic carbocycles. The summed E-state index contributed by atoms with van der Waals surface area (Å²) < 4.78 is 0. The first-order chi connectivity index (χ1) is 17.2. The number of rotatable bonds is 2. The van der Waals surface area contributed by atoms with Gasteiger partial charge in [-0.05, 0) is 116 Å². The fraction of sp³-hybridized carbons (Fsp3) is 0.235. The SMILES string of the molecule is Cc1c(C)c2c(c3c1-c1ccc(-c4cccs4)cc1C3(C)C)C(C)(C)c1cc(-c3cccs3)ccc1-2. The average molecular weight is 503 g/mol. The molecule has 0 atom stereocenters. The van der Waals surface area contributed by atoms with Gasteiger partial charge in [-0.3, -0.25) is 0 Å². The summed E-state index contributed by atoms with van der Waals surface area (Å²) >= 11 is 3.65. The molecule has 0 bridgehead atoms. The molecule has 5 aromatic rings. The van der Waals surface area contributed by atoms with E-state index in [2.05, 4.69) is 113 Å². The monoisotopic (exact) mass is 502 g/mol. The van der Waals surface area contributed by atoms with E-state index < -0.39 is 0 Å². The standard InChI is InChI=1S/C34H30S2/c1-19-20(2)30-24-14-12-22(28-10-8-16-36-28)18-26(24)34(5,6)32(30)31-29(19)23-13-11-21(27-9-7-15-35-27)17-25(23)33(31,3)4/h7-18H,1-6H3. The number of thiophene rings is 2. The Hall–Kier alpha value is -2.94. The summed E-state index contributed by atoms with van der Waals surface area (Å²) in [4.78, 5) is 2.69. The quantitative estimate of drug-likeness (QED) is 0.225. The summed E-state index contributed by atoms with van der Waals surface area (Å²) in [6.45, 7) is 14.5. The lowest BCUT2D eigenvalue weighted by Crippen LogP contribution is -2.24. The Morgan fingerprint density at radius 2 is 0.972 bits per heavy atom. The topological polar surface area (TPSA) is 0 Å². The molecule has 2 aliphatic carbocycles. The van der Waals surface area contributed by atoms with Gasteiger partial charge in [-0.25, -0.2) is 0 Å². The minimum absolute atomic E-state index is 0.0592. The molecule has 0 spiro atoms. The highest BCUT2D eigenvalue weighted by Gasteiger charge is 2.47. The Kier molecular flexibility index (Phi) is 4.52. The third-order valence-electron chi connectivity index (χ3n) is 8.85. The smallest absolute Gasteiger partial charge is 0.0342 e. The van der Waals surface area contributed by atoms with Crippen LogP contribution < -0.4 is 0 Å². The molecule has 2 aromatic heterocycles. The molecular weight excluding hydrogens is 473 g/mol. The highest BCUT2D eigenvalue weighted by atomic mass is 32.1. The molecule has 0 unspecified atom stereocenters. The van der Waals surface area contributed by atoms with Crippen molar-refractivity contribution in [3.8, 4) is 43.1 Å². The number of fused-ring (bicyclic) bond motifs is 7. The van der Waals surface area contributed by atoms with Crippen molar-refractivity contribution in [2.45, 2.75) is 52.4 Å². The minimum Gasteiger partial charge on any atom is -0.144 e. The van der Waals surface area contributed by atoms with Crippen LogP contribution in [0.3, 0.4) is 0 Å². The van der Waals surface area contributed by atoms with Crippen LogP contribution in [0.5, 0.6) is 0 Å². The van der Waals surface area contributed by atoms with E-state index in [-0.39, 0.29) is 10.8 Å². The van der Waals surface area contributed by atoms with E-state index in [4.69, 9.17) is 0 Å². The lowest BCUT2D eigenvalue weighted by molar-refractivity contribution is 0.601.